The number of fused-ring (bicyclic) bond motifs is 1. The quantitative estimate of drug-likeness (QED) is 0.0956. The van der Waals surface area contributed by atoms with Crippen LogP contribution < -0.4 is 5.32 Å². The van der Waals surface area contributed by atoms with Gasteiger partial charge in [-0.2, -0.15) is 0 Å². The lowest BCUT2D eigenvalue weighted by Gasteiger charge is -2.49. The van der Waals surface area contributed by atoms with Crippen LogP contribution in [0.1, 0.15) is 12.5 Å². The lowest BCUT2D eigenvalue weighted by Crippen LogP contribution is -2.73. The molecule has 0 aliphatic carbocycles. The Morgan fingerprint density at radius 3 is 2.62 bits per heavy atom. The van der Waals surface area contributed by atoms with E-state index in [9.17, 15) is 14.4 Å². The van der Waals surface area contributed by atoms with E-state index >= 15 is 0 Å². The molecule has 40 heavy (non-hydrogen) atoms. The number of likely N-dealkylation sites (tertiary alicyclic amines) is 1. The number of benzene rings is 2. The van der Waals surface area contributed by atoms with Gasteiger partial charge in [0.2, 0.25) is 16.2 Å². The van der Waals surface area contributed by atoms with Gasteiger partial charge >= 0.3 is 5.97 Å². The van der Waals surface area contributed by atoms with Crippen molar-refractivity contribution in [1.29, 1.82) is 0 Å². The third-order valence-corrected chi connectivity index (χ3v) is 11.2. The van der Waals surface area contributed by atoms with Gasteiger partial charge < -0.3 is 19.7 Å². The molecule has 13 heteroatoms. The highest BCUT2D eigenvalue weighted by atomic mass is 33.1. The van der Waals surface area contributed by atoms with Gasteiger partial charge in [0.05, 0.1) is 30.4 Å². The average Bonchev–Trinajstić information content (AvgIpc) is 3.38. The second kappa shape index (κ2) is 14.4. The topological polar surface area (TPSA) is 97.8 Å². The van der Waals surface area contributed by atoms with E-state index in [1.165, 1.54) is 56.7 Å². The van der Waals surface area contributed by atoms with Crippen LogP contribution in [0.25, 0.3) is 10.2 Å². The van der Waals surface area contributed by atoms with E-state index in [0.29, 0.717) is 16.6 Å². The number of hydrogen-bond acceptors (Lipinski definition) is 11. The Morgan fingerprint density at radius 1 is 1.20 bits per heavy atom. The minimum atomic E-state index is -1.05. The first-order chi connectivity index (χ1) is 19.3. The highest BCUT2D eigenvalue weighted by molar-refractivity contribution is 8.77. The van der Waals surface area contributed by atoms with E-state index in [4.69, 9.17) is 21.7 Å². The molecule has 3 atom stereocenters. The summed E-state index contributed by atoms with van der Waals surface area (Å²) in [4.78, 5) is 45.4. The number of amides is 2. The maximum atomic E-state index is 13.5. The number of nitrogens with one attached hydrogen (secondary N) is 1. The molecule has 1 fully saturated rings. The van der Waals surface area contributed by atoms with Crippen molar-refractivity contribution in [2.24, 2.45) is 0 Å². The number of ether oxygens (including phenoxy) is 2. The number of thioether (sulfide) groups is 1. The van der Waals surface area contributed by atoms with Crippen molar-refractivity contribution in [3.05, 3.63) is 72.3 Å². The number of esters is 1. The minimum Gasteiger partial charge on any atom is -0.479 e. The lowest BCUT2D eigenvalue weighted by atomic mass is 9.99. The van der Waals surface area contributed by atoms with Crippen LogP contribution in [0.5, 0.6) is 0 Å². The SMILES string of the molecule is C=C(CSC(=S)OCC)C(C(=O)OC)N1C(=O)C(NC(=O)Cc2ccccc2)C1SSc1nc2ccccc2s1. The number of carbonyl (C=O) groups is 3. The summed E-state index contributed by atoms with van der Waals surface area (Å²) in [6.07, 6.45) is 0.131. The molecule has 0 saturated carbocycles. The Hall–Kier alpha value is -2.58. The zero-order chi connectivity index (χ0) is 28.6. The first-order valence-corrected chi connectivity index (χ1v) is 16.6. The molecule has 4 rings (SSSR count). The number of hydrogen-bond donors (Lipinski definition) is 1. The summed E-state index contributed by atoms with van der Waals surface area (Å²) in [6, 6.07) is 15.2. The molecule has 2 amide bonds. The zero-order valence-electron chi connectivity index (χ0n) is 21.7. The largest absolute Gasteiger partial charge is 0.479 e. The fourth-order valence-electron chi connectivity index (χ4n) is 3.96. The Labute approximate surface area is 254 Å². The van der Waals surface area contributed by atoms with E-state index in [1.807, 2.05) is 61.5 Å². The molecule has 0 radical (unpaired) electrons. The first-order valence-electron chi connectivity index (χ1n) is 12.2. The van der Waals surface area contributed by atoms with Gasteiger partial charge in [0.15, 0.2) is 10.4 Å². The van der Waals surface area contributed by atoms with Crippen molar-refractivity contribution in [3.8, 4) is 0 Å². The van der Waals surface area contributed by atoms with E-state index in [2.05, 4.69) is 16.9 Å². The van der Waals surface area contributed by atoms with Gasteiger partial charge in [-0.15, -0.1) is 11.3 Å². The molecule has 1 saturated heterocycles. The van der Waals surface area contributed by atoms with E-state index in [-0.39, 0.29) is 18.1 Å². The molecule has 2 aromatic carbocycles. The lowest BCUT2D eigenvalue weighted by molar-refractivity contribution is -0.161. The summed E-state index contributed by atoms with van der Waals surface area (Å²) in [7, 11) is 4.02. The molecule has 3 unspecified atom stereocenters. The average molecular weight is 634 g/mol. The van der Waals surface area contributed by atoms with E-state index in [1.54, 1.807) is 0 Å². The summed E-state index contributed by atoms with van der Waals surface area (Å²) in [6.45, 7) is 6.33. The highest BCUT2D eigenvalue weighted by Gasteiger charge is 2.54. The molecular formula is C27H27N3O5S5. The molecule has 3 aromatic rings. The van der Waals surface area contributed by atoms with Crippen molar-refractivity contribution < 1.29 is 23.9 Å². The van der Waals surface area contributed by atoms with Crippen LogP contribution in [0.2, 0.25) is 0 Å². The van der Waals surface area contributed by atoms with Crippen molar-refractivity contribution in [3.63, 3.8) is 0 Å². The monoisotopic (exact) mass is 633 g/mol. The maximum absolute atomic E-state index is 13.5. The first kappa shape index (κ1) is 30.4. The molecule has 1 aromatic heterocycles. The molecule has 1 aliphatic heterocycles. The third kappa shape index (κ3) is 7.38. The second-order valence-electron chi connectivity index (χ2n) is 8.53. The number of aromatic nitrogens is 1. The predicted octanol–water partition coefficient (Wildman–Crippen LogP) is 5.08. The van der Waals surface area contributed by atoms with Crippen LogP contribution >= 0.6 is 56.9 Å². The van der Waals surface area contributed by atoms with Crippen LogP contribution in [-0.4, -0.2) is 69.0 Å². The molecule has 1 N–H and O–H groups in total. The summed E-state index contributed by atoms with van der Waals surface area (Å²) in [5, 5.41) is 2.29. The molecule has 8 nitrogen and oxygen atoms in total. The number of nitrogens with zero attached hydrogens (tertiary/aromatic N) is 2. The van der Waals surface area contributed by atoms with Gasteiger partial charge in [-0.3, -0.25) is 9.59 Å². The van der Waals surface area contributed by atoms with Crippen LogP contribution in [0.3, 0.4) is 0 Å². The number of thiazole rings is 1. The van der Waals surface area contributed by atoms with Gasteiger partial charge in [0.25, 0.3) is 0 Å². The third-order valence-electron chi connectivity index (χ3n) is 5.82. The van der Waals surface area contributed by atoms with Crippen molar-refractivity contribution in [2.75, 3.05) is 19.5 Å². The summed E-state index contributed by atoms with van der Waals surface area (Å²) in [5.74, 6) is -1.04. The van der Waals surface area contributed by atoms with Gasteiger partial charge in [0, 0.05) is 5.75 Å². The van der Waals surface area contributed by atoms with Gasteiger partial charge in [-0.1, -0.05) is 71.6 Å². The number of para-hydroxylation sites is 1. The fourth-order valence-corrected chi connectivity index (χ4v) is 8.87. The molecule has 0 spiro atoms. The summed E-state index contributed by atoms with van der Waals surface area (Å²) < 4.78 is 12.5. The van der Waals surface area contributed by atoms with Gasteiger partial charge in [-0.25, -0.2) is 9.78 Å². The summed E-state index contributed by atoms with van der Waals surface area (Å²) in [5.41, 5.74) is 2.16. The number of methoxy groups -OCH3 is 1. The standard InChI is InChI=1S/C27H27N3O5S5/c1-4-35-27(36)37-15-16(2)22(25(33)34-3)30-23(32)21(29-20(31)14-17-10-6-5-7-11-17)24(30)39-40-26-28-18-12-8-9-13-19(18)38-26/h5-13,21-22,24H,2,4,14-15H2,1,3H3,(H,29,31). The van der Waals surface area contributed by atoms with Crippen LogP contribution in [0, 0.1) is 0 Å². The Morgan fingerprint density at radius 2 is 1.93 bits per heavy atom. The smallest absolute Gasteiger partial charge is 0.332 e. The second-order valence-corrected chi connectivity index (χ2v) is 13.7. The summed E-state index contributed by atoms with van der Waals surface area (Å²) >= 11 is 7.94. The Balaban J connectivity index is 1.54. The normalized spacial score (nSPS) is 17.1. The molecule has 2 heterocycles. The van der Waals surface area contributed by atoms with Gasteiger partial charge in [0.1, 0.15) is 11.4 Å². The molecular weight excluding hydrogens is 607 g/mol. The Bertz CT molecular complexity index is 1370. The van der Waals surface area contributed by atoms with Crippen LogP contribution in [0.4, 0.5) is 0 Å². The predicted molar refractivity (Wildman–Crippen MR) is 167 cm³/mol. The maximum Gasteiger partial charge on any atom is 0.332 e. The van der Waals surface area contributed by atoms with Crippen molar-refractivity contribution >= 4 is 89.3 Å². The van der Waals surface area contributed by atoms with Gasteiger partial charge in [-0.05, 0) is 53.2 Å². The van der Waals surface area contributed by atoms with Crippen LogP contribution in [0.15, 0.2) is 71.1 Å². The van der Waals surface area contributed by atoms with Crippen molar-refractivity contribution in [2.45, 2.75) is 35.1 Å². The number of β-lactam (4-membered cyclic amide) rings is 1. The molecule has 0 bridgehead atoms. The van der Waals surface area contributed by atoms with Crippen molar-refractivity contribution in [1.82, 2.24) is 15.2 Å². The Kier molecular flexibility index (Phi) is 10.9. The molecule has 1 aliphatic rings. The minimum absolute atomic E-state index is 0.131. The van der Waals surface area contributed by atoms with Crippen LogP contribution in [-0.2, 0) is 30.3 Å². The highest BCUT2D eigenvalue weighted by Crippen LogP contribution is 2.45. The zero-order valence-corrected chi connectivity index (χ0v) is 25.8. The number of carbonyl (C=O) groups excluding carboxylic acids is 3. The molecule has 210 valence electrons. The number of thiocarbonyl (C=S) groups is 1. The number of rotatable bonds is 12. The van der Waals surface area contributed by atoms with E-state index in [0.717, 1.165) is 20.1 Å². The van der Waals surface area contributed by atoms with E-state index < -0.39 is 29.3 Å². The fraction of sp³-hybridized carbons (Fsp3) is 0.296.